The average Bonchev–Trinajstić information content (AvgIpc) is 3.15. The van der Waals surface area contributed by atoms with Gasteiger partial charge in [-0.15, -0.1) is 0 Å². The molecule has 2 aromatic rings. The third-order valence-corrected chi connectivity index (χ3v) is 4.46. The predicted molar refractivity (Wildman–Crippen MR) is 85.2 cm³/mol. The maximum atomic E-state index is 13.0. The number of fused-ring (bicyclic) bond motifs is 2. The number of rotatable bonds is 2. The summed E-state index contributed by atoms with van der Waals surface area (Å²) in [6, 6.07) is 14.5. The summed E-state index contributed by atoms with van der Waals surface area (Å²) in [6.07, 6.45) is 0.358. The molecule has 2 aliphatic rings. The number of hydrogen-bond donors (Lipinski definition) is 1. The van der Waals surface area contributed by atoms with Crippen molar-refractivity contribution in [2.24, 2.45) is 5.73 Å². The van der Waals surface area contributed by atoms with Crippen molar-refractivity contribution < 1.29 is 14.3 Å². The van der Waals surface area contributed by atoms with Gasteiger partial charge in [0.05, 0.1) is 0 Å². The number of hydrogen-bond acceptors (Lipinski definition) is 3. The SMILES string of the molecule is NC(=O)[C@@H]1Cc2ccccc2N1C(=O)C1Cc2ccccc2O1. The van der Waals surface area contributed by atoms with E-state index in [1.807, 2.05) is 48.5 Å². The molecule has 0 bridgehead atoms. The molecule has 116 valence electrons. The van der Waals surface area contributed by atoms with Gasteiger partial charge >= 0.3 is 0 Å². The number of anilines is 1. The van der Waals surface area contributed by atoms with Crippen molar-refractivity contribution in [3.05, 3.63) is 59.7 Å². The van der Waals surface area contributed by atoms with Crippen LogP contribution in [-0.2, 0) is 22.4 Å². The van der Waals surface area contributed by atoms with Crippen molar-refractivity contribution in [2.45, 2.75) is 25.0 Å². The number of carbonyl (C=O) groups excluding carboxylic acids is 2. The third-order valence-electron chi connectivity index (χ3n) is 4.46. The molecule has 2 amide bonds. The van der Waals surface area contributed by atoms with E-state index in [4.69, 9.17) is 10.5 Å². The van der Waals surface area contributed by atoms with Gasteiger partial charge in [0, 0.05) is 18.5 Å². The normalized spacial score (nSPS) is 21.5. The van der Waals surface area contributed by atoms with E-state index in [0.717, 1.165) is 22.6 Å². The van der Waals surface area contributed by atoms with Crippen molar-refractivity contribution in [1.82, 2.24) is 0 Å². The zero-order chi connectivity index (χ0) is 16.0. The molecule has 2 N–H and O–H groups in total. The average molecular weight is 308 g/mol. The Labute approximate surface area is 133 Å². The quantitative estimate of drug-likeness (QED) is 0.912. The largest absolute Gasteiger partial charge is 0.480 e. The Kier molecular flexibility index (Phi) is 3.08. The van der Waals surface area contributed by atoms with Gasteiger partial charge in [-0.05, 0) is 23.3 Å². The summed E-state index contributed by atoms with van der Waals surface area (Å²) >= 11 is 0. The number of para-hydroxylation sites is 2. The number of ether oxygens (including phenoxy) is 1. The molecule has 0 spiro atoms. The molecule has 5 heteroatoms. The van der Waals surface area contributed by atoms with Crippen LogP contribution in [0.4, 0.5) is 5.69 Å². The summed E-state index contributed by atoms with van der Waals surface area (Å²) < 4.78 is 5.78. The highest BCUT2D eigenvalue weighted by atomic mass is 16.5. The van der Waals surface area contributed by atoms with Crippen molar-refractivity contribution in [3.8, 4) is 5.75 Å². The van der Waals surface area contributed by atoms with Gasteiger partial charge in [-0.3, -0.25) is 14.5 Å². The standard InChI is InChI=1S/C18H16N2O3/c19-17(21)14-9-11-5-1-3-7-13(11)20(14)18(22)16-10-12-6-2-4-8-15(12)23-16/h1-8,14,16H,9-10H2,(H2,19,21)/t14-,16?/m0/s1. The van der Waals surface area contributed by atoms with Crippen molar-refractivity contribution in [3.63, 3.8) is 0 Å². The Morgan fingerprint density at radius 3 is 2.43 bits per heavy atom. The van der Waals surface area contributed by atoms with E-state index in [1.54, 1.807) is 0 Å². The molecule has 4 rings (SSSR count). The first-order chi connectivity index (χ1) is 11.1. The minimum Gasteiger partial charge on any atom is -0.480 e. The molecule has 2 atom stereocenters. The Morgan fingerprint density at radius 1 is 1.00 bits per heavy atom. The highest BCUT2D eigenvalue weighted by molar-refractivity contribution is 6.05. The van der Waals surface area contributed by atoms with Crippen LogP contribution in [0, 0.1) is 0 Å². The lowest BCUT2D eigenvalue weighted by molar-refractivity contribution is -0.128. The minimum absolute atomic E-state index is 0.213. The summed E-state index contributed by atoms with van der Waals surface area (Å²) in [5.74, 6) is 0.0222. The molecular weight excluding hydrogens is 292 g/mol. The van der Waals surface area contributed by atoms with E-state index in [9.17, 15) is 9.59 Å². The van der Waals surface area contributed by atoms with Crippen LogP contribution < -0.4 is 15.4 Å². The number of amides is 2. The van der Waals surface area contributed by atoms with E-state index in [2.05, 4.69) is 0 Å². The Morgan fingerprint density at radius 2 is 1.70 bits per heavy atom. The zero-order valence-electron chi connectivity index (χ0n) is 12.4. The van der Waals surface area contributed by atoms with E-state index in [-0.39, 0.29) is 5.91 Å². The molecule has 2 heterocycles. The molecule has 0 radical (unpaired) electrons. The smallest absolute Gasteiger partial charge is 0.269 e. The van der Waals surface area contributed by atoms with Crippen LogP contribution in [-0.4, -0.2) is 24.0 Å². The zero-order valence-corrected chi connectivity index (χ0v) is 12.4. The van der Waals surface area contributed by atoms with Gasteiger partial charge < -0.3 is 10.5 Å². The second-order valence-electron chi connectivity index (χ2n) is 5.88. The van der Waals surface area contributed by atoms with Gasteiger partial charge in [-0.1, -0.05) is 36.4 Å². The molecule has 2 aliphatic heterocycles. The molecule has 23 heavy (non-hydrogen) atoms. The minimum atomic E-state index is -0.646. The van der Waals surface area contributed by atoms with Crippen molar-refractivity contribution >= 4 is 17.5 Å². The highest BCUT2D eigenvalue weighted by Crippen LogP contribution is 2.35. The Hall–Kier alpha value is -2.82. The van der Waals surface area contributed by atoms with E-state index in [0.29, 0.717) is 12.8 Å². The van der Waals surface area contributed by atoms with Gasteiger partial charge in [-0.25, -0.2) is 0 Å². The highest BCUT2D eigenvalue weighted by Gasteiger charge is 2.42. The fraction of sp³-hybridized carbons (Fsp3) is 0.222. The van der Waals surface area contributed by atoms with Gasteiger partial charge in [-0.2, -0.15) is 0 Å². The molecule has 1 unspecified atom stereocenters. The maximum Gasteiger partial charge on any atom is 0.269 e. The van der Waals surface area contributed by atoms with Crippen LogP contribution >= 0.6 is 0 Å². The molecule has 0 saturated heterocycles. The Bertz CT molecular complexity index is 777. The Balaban J connectivity index is 1.66. The first-order valence-electron chi connectivity index (χ1n) is 7.60. The van der Waals surface area contributed by atoms with Crippen LogP contribution in [0.15, 0.2) is 48.5 Å². The number of nitrogens with zero attached hydrogens (tertiary/aromatic N) is 1. The first-order valence-corrected chi connectivity index (χ1v) is 7.60. The summed E-state index contributed by atoms with van der Waals surface area (Å²) in [4.78, 5) is 26.3. The van der Waals surface area contributed by atoms with Crippen LogP contribution in [0.2, 0.25) is 0 Å². The molecule has 0 aliphatic carbocycles. The molecule has 5 nitrogen and oxygen atoms in total. The molecular formula is C18H16N2O3. The fourth-order valence-electron chi connectivity index (χ4n) is 3.36. The van der Waals surface area contributed by atoms with Crippen LogP contribution in [0.3, 0.4) is 0 Å². The van der Waals surface area contributed by atoms with Crippen molar-refractivity contribution in [1.29, 1.82) is 0 Å². The van der Waals surface area contributed by atoms with Gasteiger partial charge in [0.25, 0.3) is 5.91 Å². The van der Waals surface area contributed by atoms with Crippen LogP contribution in [0.1, 0.15) is 11.1 Å². The lowest BCUT2D eigenvalue weighted by atomic mass is 10.1. The summed E-state index contributed by atoms with van der Waals surface area (Å²) in [6.45, 7) is 0. The molecule has 0 aromatic heterocycles. The third kappa shape index (κ3) is 2.16. The fourth-order valence-corrected chi connectivity index (χ4v) is 3.36. The van der Waals surface area contributed by atoms with Crippen molar-refractivity contribution in [2.75, 3.05) is 4.90 Å². The monoisotopic (exact) mass is 308 g/mol. The van der Waals surface area contributed by atoms with Crippen LogP contribution in [0.25, 0.3) is 0 Å². The lowest BCUT2D eigenvalue weighted by Gasteiger charge is -2.25. The maximum absolute atomic E-state index is 13.0. The topological polar surface area (TPSA) is 72.6 Å². The second kappa shape index (κ2) is 5.12. The van der Waals surface area contributed by atoms with E-state index in [1.165, 1.54) is 4.90 Å². The summed E-state index contributed by atoms with van der Waals surface area (Å²) in [5.41, 5.74) is 8.23. The molecule has 0 fully saturated rings. The number of nitrogens with two attached hydrogens (primary N) is 1. The van der Waals surface area contributed by atoms with Gasteiger partial charge in [0.2, 0.25) is 5.91 Å². The van der Waals surface area contributed by atoms with Crippen LogP contribution in [0.5, 0.6) is 5.75 Å². The lowest BCUT2D eigenvalue weighted by Crippen LogP contribution is -2.50. The second-order valence-corrected chi connectivity index (χ2v) is 5.88. The molecule has 2 aromatic carbocycles. The summed E-state index contributed by atoms with van der Waals surface area (Å²) in [7, 11) is 0. The van der Waals surface area contributed by atoms with Gasteiger partial charge in [0.15, 0.2) is 6.10 Å². The number of benzene rings is 2. The summed E-state index contributed by atoms with van der Waals surface area (Å²) in [5, 5.41) is 0. The first kappa shape index (κ1) is 13.8. The van der Waals surface area contributed by atoms with Gasteiger partial charge in [0.1, 0.15) is 11.8 Å². The number of carbonyl (C=O) groups is 2. The molecule has 0 saturated carbocycles. The predicted octanol–water partition coefficient (Wildman–Crippen LogP) is 1.43. The van der Waals surface area contributed by atoms with E-state index >= 15 is 0 Å². The van der Waals surface area contributed by atoms with E-state index < -0.39 is 18.1 Å². The number of primary amides is 1.